The zero-order chi connectivity index (χ0) is 13.1. The van der Waals surface area contributed by atoms with Crippen LogP contribution < -0.4 is 5.32 Å². The van der Waals surface area contributed by atoms with Crippen LogP contribution in [0, 0.1) is 11.3 Å². The van der Waals surface area contributed by atoms with E-state index >= 15 is 0 Å². The van der Waals surface area contributed by atoms with E-state index < -0.39 is 0 Å². The van der Waals surface area contributed by atoms with Crippen LogP contribution in [0.4, 0.5) is 0 Å². The average Bonchev–Trinajstić information content (AvgIpc) is 2.98. The van der Waals surface area contributed by atoms with Crippen molar-refractivity contribution in [3.63, 3.8) is 0 Å². The topological polar surface area (TPSA) is 74.7 Å². The number of piperidine rings is 1. The number of rotatable bonds is 2. The molecule has 0 amide bonds. The number of nitrogens with one attached hydrogen (secondary N) is 1. The molecule has 1 saturated heterocycles. The van der Waals surface area contributed by atoms with Crippen molar-refractivity contribution in [3.8, 4) is 17.5 Å². The predicted octanol–water partition coefficient (Wildman–Crippen LogP) is 2.08. The molecule has 0 saturated carbocycles. The van der Waals surface area contributed by atoms with Crippen LogP contribution in [0.1, 0.15) is 30.2 Å². The Morgan fingerprint density at radius 1 is 1.16 bits per heavy atom. The molecular formula is C14H14N4O. The normalized spacial score (nSPS) is 16.2. The van der Waals surface area contributed by atoms with Crippen LogP contribution in [0.2, 0.25) is 0 Å². The van der Waals surface area contributed by atoms with E-state index in [1.807, 2.05) is 12.1 Å². The third-order valence-corrected chi connectivity index (χ3v) is 3.39. The highest BCUT2D eigenvalue weighted by molar-refractivity contribution is 5.54. The number of aromatic nitrogens is 2. The molecular weight excluding hydrogens is 240 g/mol. The lowest BCUT2D eigenvalue weighted by Crippen LogP contribution is -2.26. The predicted molar refractivity (Wildman–Crippen MR) is 69.3 cm³/mol. The summed E-state index contributed by atoms with van der Waals surface area (Å²) in [5, 5.41) is 20.3. The van der Waals surface area contributed by atoms with Crippen molar-refractivity contribution in [1.82, 2.24) is 15.5 Å². The summed E-state index contributed by atoms with van der Waals surface area (Å²) < 4.78 is 5.75. The Morgan fingerprint density at radius 3 is 2.58 bits per heavy atom. The molecule has 1 aromatic heterocycles. The Bertz CT molecular complexity index is 591. The van der Waals surface area contributed by atoms with Crippen LogP contribution in [-0.4, -0.2) is 23.3 Å². The van der Waals surface area contributed by atoms with Gasteiger partial charge in [-0.1, -0.05) is 0 Å². The Kier molecular flexibility index (Phi) is 3.25. The SMILES string of the molecule is N#Cc1ccc(-c2nnc(C3CCNCC3)o2)cc1. The molecule has 1 aliphatic rings. The van der Waals surface area contributed by atoms with Gasteiger partial charge in [-0.2, -0.15) is 5.26 Å². The summed E-state index contributed by atoms with van der Waals surface area (Å²) in [6.45, 7) is 2.00. The minimum Gasteiger partial charge on any atom is -0.420 e. The molecule has 0 atom stereocenters. The second-order valence-corrected chi connectivity index (χ2v) is 4.66. The maximum Gasteiger partial charge on any atom is 0.247 e. The number of hydrogen-bond acceptors (Lipinski definition) is 5. The van der Waals surface area contributed by atoms with Crippen LogP contribution in [0.15, 0.2) is 28.7 Å². The third kappa shape index (κ3) is 2.49. The van der Waals surface area contributed by atoms with Gasteiger partial charge in [-0.15, -0.1) is 10.2 Å². The summed E-state index contributed by atoms with van der Waals surface area (Å²) >= 11 is 0. The highest BCUT2D eigenvalue weighted by Crippen LogP contribution is 2.27. The van der Waals surface area contributed by atoms with Gasteiger partial charge < -0.3 is 9.73 Å². The summed E-state index contributed by atoms with van der Waals surface area (Å²) in [6, 6.07) is 9.26. The van der Waals surface area contributed by atoms with E-state index in [0.29, 0.717) is 17.4 Å². The molecule has 2 aromatic rings. The molecule has 1 aromatic carbocycles. The molecule has 0 bridgehead atoms. The van der Waals surface area contributed by atoms with Gasteiger partial charge in [-0.05, 0) is 50.2 Å². The smallest absolute Gasteiger partial charge is 0.247 e. The van der Waals surface area contributed by atoms with E-state index in [0.717, 1.165) is 37.4 Å². The molecule has 96 valence electrons. The molecule has 3 rings (SSSR count). The Hall–Kier alpha value is -2.19. The first-order valence-corrected chi connectivity index (χ1v) is 6.41. The van der Waals surface area contributed by atoms with E-state index in [1.165, 1.54) is 0 Å². The Labute approximate surface area is 111 Å². The number of benzene rings is 1. The van der Waals surface area contributed by atoms with Crippen molar-refractivity contribution in [2.45, 2.75) is 18.8 Å². The van der Waals surface area contributed by atoms with Crippen LogP contribution in [0.25, 0.3) is 11.5 Å². The molecule has 5 heteroatoms. The minimum atomic E-state index is 0.362. The van der Waals surface area contributed by atoms with E-state index in [2.05, 4.69) is 21.6 Å². The van der Waals surface area contributed by atoms with E-state index in [1.54, 1.807) is 12.1 Å². The summed E-state index contributed by atoms with van der Waals surface area (Å²) in [6.07, 6.45) is 2.07. The standard InChI is InChI=1S/C14H14N4O/c15-9-10-1-3-11(4-2-10)13-17-18-14(19-13)12-5-7-16-8-6-12/h1-4,12,16H,5-8H2. The van der Waals surface area contributed by atoms with Gasteiger partial charge in [0.2, 0.25) is 11.8 Å². The number of nitrogens with zero attached hydrogens (tertiary/aromatic N) is 3. The molecule has 0 aliphatic carbocycles. The first-order chi connectivity index (χ1) is 9.36. The van der Waals surface area contributed by atoms with Gasteiger partial charge in [0, 0.05) is 11.5 Å². The van der Waals surface area contributed by atoms with Gasteiger partial charge in [-0.3, -0.25) is 0 Å². The lowest BCUT2D eigenvalue weighted by atomic mass is 9.98. The fourth-order valence-corrected chi connectivity index (χ4v) is 2.27. The van der Waals surface area contributed by atoms with Crippen molar-refractivity contribution in [2.24, 2.45) is 0 Å². The molecule has 1 N–H and O–H groups in total. The fraction of sp³-hybridized carbons (Fsp3) is 0.357. The van der Waals surface area contributed by atoms with Crippen LogP contribution >= 0.6 is 0 Å². The monoisotopic (exact) mass is 254 g/mol. The average molecular weight is 254 g/mol. The van der Waals surface area contributed by atoms with E-state index in [4.69, 9.17) is 9.68 Å². The zero-order valence-corrected chi connectivity index (χ0v) is 10.5. The highest BCUT2D eigenvalue weighted by atomic mass is 16.4. The number of nitriles is 1. The van der Waals surface area contributed by atoms with E-state index in [9.17, 15) is 0 Å². The summed E-state index contributed by atoms with van der Waals surface area (Å²) in [5.74, 6) is 1.61. The number of hydrogen-bond donors (Lipinski definition) is 1. The van der Waals surface area contributed by atoms with Crippen molar-refractivity contribution >= 4 is 0 Å². The maximum absolute atomic E-state index is 8.77. The van der Waals surface area contributed by atoms with Gasteiger partial charge >= 0.3 is 0 Å². The molecule has 0 radical (unpaired) electrons. The van der Waals surface area contributed by atoms with Crippen molar-refractivity contribution in [3.05, 3.63) is 35.7 Å². The molecule has 5 nitrogen and oxygen atoms in total. The van der Waals surface area contributed by atoms with Crippen molar-refractivity contribution in [1.29, 1.82) is 5.26 Å². The lowest BCUT2D eigenvalue weighted by molar-refractivity contribution is 0.378. The van der Waals surface area contributed by atoms with Crippen LogP contribution in [0.3, 0.4) is 0 Å². The quantitative estimate of drug-likeness (QED) is 0.888. The second-order valence-electron chi connectivity index (χ2n) is 4.66. The summed E-state index contributed by atoms with van der Waals surface area (Å²) in [7, 11) is 0. The Balaban J connectivity index is 1.81. The summed E-state index contributed by atoms with van der Waals surface area (Å²) in [5.41, 5.74) is 1.48. The van der Waals surface area contributed by atoms with Gasteiger partial charge in [0.15, 0.2) is 0 Å². The minimum absolute atomic E-state index is 0.362. The van der Waals surface area contributed by atoms with Gasteiger partial charge in [0.05, 0.1) is 11.6 Å². The first kappa shape index (κ1) is 11.9. The van der Waals surface area contributed by atoms with Crippen LogP contribution in [0.5, 0.6) is 0 Å². The maximum atomic E-state index is 8.77. The molecule has 1 fully saturated rings. The van der Waals surface area contributed by atoms with Crippen molar-refractivity contribution in [2.75, 3.05) is 13.1 Å². The molecule has 2 heterocycles. The molecule has 0 unspecified atom stereocenters. The molecule has 19 heavy (non-hydrogen) atoms. The second kappa shape index (κ2) is 5.21. The van der Waals surface area contributed by atoms with Gasteiger partial charge in [-0.25, -0.2) is 0 Å². The molecule has 1 aliphatic heterocycles. The van der Waals surface area contributed by atoms with Gasteiger partial charge in [0.1, 0.15) is 0 Å². The summed E-state index contributed by atoms with van der Waals surface area (Å²) in [4.78, 5) is 0. The molecule has 0 spiro atoms. The third-order valence-electron chi connectivity index (χ3n) is 3.39. The highest BCUT2D eigenvalue weighted by Gasteiger charge is 2.21. The van der Waals surface area contributed by atoms with Crippen molar-refractivity contribution < 1.29 is 4.42 Å². The first-order valence-electron chi connectivity index (χ1n) is 6.41. The lowest BCUT2D eigenvalue weighted by Gasteiger charge is -2.18. The van der Waals surface area contributed by atoms with Gasteiger partial charge in [0.25, 0.3) is 0 Å². The van der Waals surface area contributed by atoms with Crippen LogP contribution in [-0.2, 0) is 0 Å². The zero-order valence-electron chi connectivity index (χ0n) is 10.5. The largest absolute Gasteiger partial charge is 0.420 e. The fourth-order valence-electron chi connectivity index (χ4n) is 2.27. The Morgan fingerprint density at radius 2 is 1.89 bits per heavy atom. The van der Waals surface area contributed by atoms with E-state index in [-0.39, 0.29) is 0 Å².